The van der Waals surface area contributed by atoms with Gasteiger partial charge in [-0.3, -0.25) is 0 Å². The van der Waals surface area contributed by atoms with Crippen molar-refractivity contribution in [3.8, 4) is 67.5 Å². The number of benzene rings is 8. The van der Waals surface area contributed by atoms with E-state index in [-0.39, 0.29) is 50.5 Å². The Morgan fingerprint density at radius 3 is 1.71 bits per heavy atom. The molecule has 0 aliphatic carbocycles. The zero-order chi connectivity index (χ0) is 49.2. The number of fused-ring (bicyclic) bond motifs is 6. The molecule has 8 aromatic carbocycles. The molecule has 0 fully saturated rings. The lowest BCUT2D eigenvalue weighted by Gasteiger charge is -2.09. The summed E-state index contributed by atoms with van der Waals surface area (Å²) in [6, 6.07) is 22.6. The van der Waals surface area contributed by atoms with Crippen LogP contribution in [-0.4, -0.2) is 15.0 Å². The third-order valence-corrected chi connectivity index (χ3v) is 9.46. The van der Waals surface area contributed by atoms with Crippen LogP contribution in [0.3, 0.4) is 0 Å². The quantitative estimate of drug-likeness (QED) is 0.170. The van der Waals surface area contributed by atoms with Crippen molar-refractivity contribution in [3.05, 3.63) is 188 Å². The summed E-state index contributed by atoms with van der Waals surface area (Å²) in [5.74, 6) is 0.269. The minimum Gasteiger partial charge on any atom is -0.456 e. The second-order valence-corrected chi connectivity index (χ2v) is 12.9. The molecule has 11 aromatic rings. The highest BCUT2D eigenvalue weighted by Crippen LogP contribution is 2.37. The highest BCUT2D eigenvalue weighted by atomic mass is 16.3. The molecule has 0 radical (unpaired) electrons. The van der Waals surface area contributed by atoms with Gasteiger partial charge in [-0.25, -0.2) is 15.0 Å². The number of para-hydroxylation sites is 1. The summed E-state index contributed by atoms with van der Waals surface area (Å²) in [7, 11) is 0. The molecule has 0 amide bonds. The monoisotopic (exact) mass is 731 g/mol. The molecule has 5 nitrogen and oxygen atoms in total. The van der Waals surface area contributed by atoms with E-state index in [1.807, 2.05) is 84.9 Å². The zero-order valence-electron chi connectivity index (χ0n) is 43.0. The number of nitrogens with zero attached hydrogens (tertiary/aromatic N) is 3. The number of hydrogen-bond donors (Lipinski definition) is 0. The Bertz CT molecular complexity index is 4010. The predicted octanol–water partition coefficient (Wildman–Crippen LogP) is 13.7. The lowest BCUT2D eigenvalue weighted by atomic mass is 9.99. The summed E-state index contributed by atoms with van der Waals surface area (Å²) in [5, 5.41) is 1.29. The first-order valence-corrected chi connectivity index (χ1v) is 17.5. The van der Waals surface area contributed by atoms with Gasteiger partial charge >= 0.3 is 0 Å². The molecule has 5 heteroatoms. The maximum Gasteiger partial charge on any atom is 0.164 e. The molecule has 0 saturated heterocycles. The maximum absolute atomic E-state index is 9.55. The first kappa shape index (κ1) is 20.7. The fraction of sp³-hybridized carbons (Fsp3) is 0. The van der Waals surface area contributed by atoms with E-state index in [1.165, 1.54) is 0 Å². The van der Waals surface area contributed by atoms with Gasteiger partial charge in [0.15, 0.2) is 17.5 Å². The standard InChI is InChI=1S/C51H31N3O2/c1-3-9-32(10-4-1)34-15-17-36(18-16-34)38-24-27-47-43(29-38)42-26-23-40(31-48(42)56-47)51-53-49(37-21-19-35(20-22-37)33-11-5-2-6-12-33)52-50(54-51)39-25-28-46-44(30-39)41-13-7-8-14-45(41)55-46/h1-31H/i1D,3D,4D,9D,10D,15D,16D,17D,18D,23D,26D,27D,29D,31D. The van der Waals surface area contributed by atoms with E-state index in [4.69, 9.17) is 37.5 Å². The first-order chi connectivity index (χ1) is 33.5. The minimum absolute atomic E-state index is 0.129. The van der Waals surface area contributed by atoms with Crippen molar-refractivity contribution in [2.75, 3.05) is 0 Å². The molecular weight excluding hydrogens is 687 g/mol. The third kappa shape index (κ3) is 5.62. The SMILES string of the molecule is [2H]c1c([2H])c([2H])c(-c2c([2H])c([2H])c(-c3cc([2H])c4oc5c([2H])c(-c6nc(-c7ccc(-c8ccccc8)cc7)nc(-c7ccc8oc9ccccc9c8c7)n6)c([2H])c([2H])c5c4c3[2H])c([2H])c2[2H])c([2H])c1[2H]. The molecule has 0 aliphatic heterocycles. The summed E-state index contributed by atoms with van der Waals surface area (Å²) in [6.07, 6.45) is 0. The lowest BCUT2D eigenvalue weighted by molar-refractivity contribution is 0.668. The van der Waals surface area contributed by atoms with Gasteiger partial charge in [0.2, 0.25) is 0 Å². The van der Waals surface area contributed by atoms with E-state index in [2.05, 4.69) is 0 Å². The normalized spacial score (nSPS) is 15.1. The van der Waals surface area contributed by atoms with Gasteiger partial charge in [0.25, 0.3) is 0 Å². The molecule has 0 aliphatic rings. The van der Waals surface area contributed by atoms with Crippen LogP contribution in [0.15, 0.2) is 197 Å². The Morgan fingerprint density at radius 1 is 0.321 bits per heavy atom. The Balaban J connectivity index is 1.10. The van der Waals surface area contributed by atoms with E-state index in [1.54, 1.807) is 12.1 Å². The van der Waals surface area contributed by atoms with Crippen LogP contribution in [0.25, 0.3) is 111 Å². The fourth-order valence-electron chi connectivity index (χ4n) is 6.68. The highest BCUT2D eigenvalue weighted by Gasteiger charge is 2.17. The van der Waals surface area contributed by atoms with Crippen LogP contribution in [0.2, 0.25) is 0 Å². The van der Waals surface area contributed by atoms with Crippen LogP contribution < -0.4 is 0 Å². The lowest BCUT2D eigenvalue weighted by Crippen LogP contribution is -2.00. The Morgan fingerprint density at radius 2 is 0.911 bits per heavy atom. The molecular formula is C51H31N3O2. The van der Waals surface area contributed by atoms with Crippen molar-refractivity contribution in [1.82, 2.24) is 15.0 Å². The van der Waals surface area contributed by atoms with E-state index >= 15 is 0 Å². The van der Waals surface area contributed by atoms with E-state index in [0.29, 0.717) is 22.3 Å². The molecule has 3 heterocycles. The van der Waals surface area contributed by atoms with Gasteiger partial charge in [-0.2, -0.15) is 0 Å². The molecule has 3 aromatic heterocycles. The van der Waals surface area contributed by atoms with Gasteiger partial charge in [-0.05, 0) is 81.8 Å². The molecule has 56 heavy (non-hydrogen) atoms. The van der Waals surface area contributed by atoms with Crippen molar-refractivity contribution in [2.24, 2.45) is 0 Å². The van der Waals surface area contributed by atoms with Crippen molar-refractivity contribution in [1.29, 1.82) is 0 Å². The van der Waals surface area contributed by atoms with Crippen LogP contribution in [0.5, 0.6) is 0 Å². The van der Waals surface area contributed by atoms with Crippen molar-refractivity contribution in [2.45, 2.75) is 0 Å². The van der Waals surface area contributed by atoms with E-state index < -0.39 is 101 Å². The molecule has 11 rings (SSSR count). The van der Waals surface area contributed by atoms with E-state index in [9.17, 15) is 5.48 Å². The fourth-order valence-corrected chi connectivity index (χ4v) is 6.68. The van der Waals surface area contributed by atoms with Gasteiger partial charge in [0.05, 0.1) is 19.2 Å². The average molecular weight is 732 g/mol. The Kier molecular flexibility index (Phi) is 4.83. The first-order valence-electron chi connectivity index (χ1n) is 24.5. The van der Waals surface area contributed by atoms with Crippen molar-refractivity contribution < 1.29 is 28.0 Å². The van der Waals surface area contributed by atoms with Gasteiger partial charge in [-0.1, -0.05) is 139 Å². The smallest absolute Gasteiger partial charge is 0.164 e. The molecule has 262 valence electrons. The minimum atomic E-state index is -0.758. The number of hydrogen-bond acceptors (Lipinski definition) is 5. The Labute approximate surface area is 341 Å². The number of furan rings is 2. The molecule has 0 bridgehead atoms. The largest absolute Gasteiger partial charge is 0.456 e. The van der Waals surface area contributed by atoms with Crippen molar-refractivity contribution in [3.63, 3.8) is 0 Å². The topological polar surface area (TPSA) is 65.0 Å². The summed E-state index contributed by atoms with van der Waals surface area (Å²) < 4.78 is 136. The van der Waals surface area contributed by atoms with Crippen LogP contribution in [0, 0.1) is 0 Å². The molecule has 0 atom stereocenters. The molecule has 0 unspecified atom stereocenters. The summed E-state index contributed by atoms with van der Waals surface area (Å²) >= 11 is 0. The molecule has 0 saturated carbocycles. The van der Waals surface area contributed by atoms with Gasteiger partial charge in [0, 0.05) is 38.2 Å². The average Bonchev–Trinajstić information content (AvgIpc) is 3.97. The van der Waals surface area contributed by atoms with Gasteiger partial charge < -0.3 is 8.83 Å². The number of aromatic nitrogens is 3. The summed E-state index contributed by atoms with van der Waals surface area (Å²) in [6.45, 7) is 0. The Hall–Kier alpha value is -7.63. The van der Waals surface area contributed by atoms with Gasteiger partial charge in [0.1, 0.15) is 22.3 Å². The second-order valence-electron chi connectivity index (χ2n) is 12.9. The van der Waals surface area contributed by atoms with Crippen LogP contribution in [0.4, 0.5) is 0 Å². The van der Waals surface area contributed by atoms with Crippen LogP contribution >= 0.6 is 0 Å². The third-order valence-electron chi connectivity index (χ3n) is 9.46. The molecule has 0 spiro atoms. The molecule has 0 N–H and O–H groups in total. The zero-order valence-corrected chi connectivity index (χ0v) is 29.0. The maximum atomic E-state index is 9.55. The predicted molar refractivity (Wildman–Crippen MR) is 227 cm³/mol. The summed E-state index contributed by atoms with van der Waals surface area (Å²) in [5.41, 5.74) is 1.91. The second kappa shape index (κ2) is 13.0. The van der Waals surface area contributed by atoms with Crippen molar-refractivity contribution >= 4 is 43.9 Å². The summed E-state index contributed by atoms with van der Waals surface area (Å²) in [4.78, 5) is 14.5. The number of rotatable bonds is 6. The van der Waals surface area contributed by atoms with E-state index in [0.717, 1.165) is 28.0 Å². The highest BCUT2D eigenvalue weighted by molar-refractivity contribution is 6.08. The van der Waals surface area contributed by atoms with Crippen LogP contribution in [0.1, 0.15) is 19.2 Å². The van der Waals surface area contributed by atoms with Gasteiger partial charge in [-0.15, -0.1) is 0 Å². The van der Waals surface area contributed by atoms with Crippen LogP contribution in [-0.2, 0) is 0 Å².